The standard InChI is InChI=1S/C16H30F2N2O/c1-14(2,3)20-10-13(11-20)21-9-7-15(4,5)19-8-6-16(17,18)12-19/h13H,6-12H2,1-5H3. The van der Waals surface area contributed by atoms with Crippen LogP contribution in [0, 0.1) is 0 Å². The minimum atomic E-state index is -2.51. The maximum absolute atomic E-state index is 13.3. The van der Waals surface area contributed by atoms with Crippen LogP contribution >= 0.6 is 0 Å². The molecule has 2 fully saturated rings. The molecule has 0 radical (unpaired) electrons. The second-order valence-electron chi connectivity index (χ2n) is 8.16. The molecule has 2 aliphatic heterocycles. The molecule has 5 heteroatoms. The van der Waals surface area contributed by atoms with Gasteiger partial charge >= 0.3 is 0 Å². The number of hydrogen-bond donors (Lipinski definition) is 0. The van der Waals surface area contributed by atoms with E-state index in [0.717, 1.165) is 19.5 Å². The Labute approximate surface area is 127 Å². The van der Waals surface area contributed by atoms with Gasteiger partial charge in [0.1, 0.15) is 0 Å². The Balaban J connectivity index is 1.67. The van der Waals surface area contributed by atoms with Gasteiger partial charge < -0.3 is 4.74 Å². The van der Waals surface area contributed by atoms with Gasteiger partial charge in [0.25, 0.3) is 5.92 Å². The van der Waals surface area contributed by atoms with E-state index in [1.54, 1.807) is 0 Å². The molecule has 2 heterocycles. The van der Waals surface area contributed by atoms with E-state index in [1.807, 2.05) is 18.7 Å². The molecule has 0 aromatic heterocycles. The zero-order valence-electron chi connectivity index (χ0n) is 14.1. The maximum atomic E-state index is 13.3. The first kappa shape index (κ1) is 17.1. The number of likely N-dealkylation sites (tertiary alicyclic amines) is 2. The molecule has 2 saturated heterocycles. The lowest BCUT2D eigenvalue weighted by Gasteiger charge is -2.47. The molecule has 2 aliphatic rings. The summed E-state index contributed by atoms with van der Waals surface area (Å²) in [6, 6.07) is 0. The molecule has 0 amide bonds. The first-order valence-corrected chi connectivity index (χ1v) is 7.99. The Hall–Kier alpha value is -0.260. The van der Waals surface area contributed by atoms with Crippen molar-refractivity contribution in [1.82, 2.24) is 9.80 Å². The topological polar surface area (TPSA) is 15.7 Å². The van der Waals surface area contributed by atoms with Crippen molar-refractivity contribution in [3.8, 4) is 0 Å². The summed E-state index contributed by atoms with van der Waals surface area (Å²) in [5.74, 6) is -2.51. The third-order valence-corrected chi connectivity index (χ3v) is 4.89. The van der Waals surface area contributed by atoms with E-state index in [4.69, 9.17) is 4.74 Å². The van der Waals surface area contributed by atoms with Crippen molar-refractivity contribution in [3.63, 3.8) is 0 Å². The molecule has 0 spiro atoms. The summed E-state index contributed by atoms with van der Waals surface area (Å²) in [6.45, 7) is 13.7. The first-order chi connectivity index (χ1) is 9.50. The quantitative estimate of drug-likeness (QED) is 0.776. The third kappa shape index (κ3) is 4.36. The lowest BCUT2D eigenvalue weighted by atomic mass is 9.98. The molecule has 2 rings (SSSR count). The van der Waals surface area contributed by atoms with Crippen molar-refractivity contribution < 1.29 is 13.5 Å². The fourth-order valence-electron chi connectivity index (χ4n) is 2.98. The van der Waals surface area contributed by atoms with Crippen LogP contribution in [0.15, 0.2) is 0 Å². The highest BCUT2D eigenvalue weighted by Gasteiger charge is 2.43. The summed E-state index contributed by atoms with van der Waals surface area (Å²) in [5.41, 5.74) is -0.00629. The van der Waals surface area contributed by atoms with Gasteiger partial charge in [0.2, 0.25) is 0 Å². The molecule has 0 atom stereocenters. The van der Waals surface area contributed by atoms with Gasteiger partial charge in [0, 0.05) is 43.7 Å². The average molecular weight is 304 g/mol. The number of nitrogens with zero attached hydrogens (tertiary/aromatic N) is 2. The lowest BCUT2D eigenvalue weighted by molar-refractivity contribution is -0.0953. The van der Waals surface area contributed by atoms with Crippen LogP contribution in [0.2, 0.25) is 0 Å². The maximum Gasteiger partial charge on any atom is 0.261 e. The van der Waals surface area contributed by atoms with Gasteiger partial charge in [-0.15, -0.1) is 0 Å². The molecular formula is C16H30F2N2O. The lowest BCUT2D eigenvalue weighted by Crippen LogP contribution is -2.59. The van der Waals surface area contributed by atoms with E-state index in [0.29, 0.717) is 19.3 Å². The number of halogens is 2. The Morgan fingerprint density at radius 2 is 1.71 bits per heavy atom. The normalized spacial score (nSPS) is 25.3. The Kier molecular flexibility index (Phi) is 4.68. The summed E-state index contributed by atoms with van der Waals surface area (Å²) < 4.78 is 32.5. The Bertz CT molecular complexity index is 360. The summed E-state index contributed by atoms with van der Waals surface area (Å²) in [7, 11) is 0. The fraction of sp³-hybridized carbons (Fsp3) is 1.00. The Morgan fingerprint density at radius 3 is 2.19 bits per heavy atom. The van der Waals surface area contributed by atoms with Crippen molar-refractivity contribution in [1.29, 1.82) is 0 Å². The van der Waals surface area contributed by atoms with Crippen molar-refractivity contribution in [2.45, 2.75) is 70.6 Å². The zero-order chi connectivity index (χ0) is 15.9. The molecule has 0 aromatic rings. The molecular weight excluding hydrogens is 274 g/mol. The van der Waals surface area contributed by atoms with Crippen LogP contribution in [0.5, 0.6) is 0 Å². The van der Waals surface area contributed by atoms with Gasteiger partial charge in [-0.3, -0.25) is 9.80 Å². The molecule has 3 nitrogen and oxygen atoms in total. The van der Waals surface area contributed by atoms with E-state index < -0.39 is 5.92 Å². The molecule has 124 valence electrons. The monoisotopic (exact) mass is 304 g/mol. The zero-order valence-corrected chi connectivity index (χ0v) is 14.1. The van der Waals surface area contributed by atoms with Crippen LogP contribution in [-0.2, 0) is 4.74 Å². The summed E-state index contributed by atoms with van der Waals surface area (Å²) in [4.78, 5) is 4.29. The van der Waals surface area contributed by atoms with E-state index in [1.165, 1.54) is 0 Å². The minimum Gasteiger partial charge on any atom is -0.375 e. The van der Waals surface area contributed by atoms with Crippen LogP contribution < -0.4 is 0 Å². The second kappa shape index (κ2) is 5.74. The largest absolute Gasteiger partial charge is 0.375 e. The van der Waals surface area contributed by atoms with Gasteiger partial charge in [-0.05, 0) is 41.0 Å². The fourth-order valence-corrected chi connectivity index (χ4v) is 2.98. The van der Waals surface area contributed by atoms with Gasteiger partial charge in [0.15, 0.2) is 0 Å². The number of rotatable bonds is 5. The molecule has 0 N–H and O–H groups in total. The van der Waals surface area contributed by atoms with Gasteiger partial charge in [-0.2, -0.15) is 0 Å². The third-order valence-electron chi connectivity index (χ3n) is 4.89. The highest BCUT2D eigenvalue weighted by atomic mass is 19.3. The molecule has 0 saturated carbocycles. The second-order valence-corrected chi connectivity index (χ2v) is 8.16. The van der Waals surface area contributed by atoms with Crippen LogP contribution in [0.4, 0.5) is 8.78 Å². The predicted molar refractivity (Wildman–Crippen MR) is 80.9 cm³/mol. The Morgan fingerprint density at radius 1 is 1.10 bits per heavy atom. The summed E-state index contributed by atoms with van der Waals surface area (Å²) >= 11 is 0. The molecule has 0 aromatic carbocycles. The number of ether oxygens (including phenoxy) is 1. The van der Waals surface area contributed by atoms with Crippen molar-refractivity contribution in [2.24, 2.45) is 0 Å². The van der Waals surface area contributed by atoms with Crippen LogP contribution in [0.1, 0.15) is 47.5 Å². The molecule has 0 bridgehead atoms. The predicted octanol–water partition coefficient (Wildman–Crippen LogP) is 3.00. The van der Waals surface area contributed by atoms with E-state index >= 15 is 0 Å². The highest BCUT2D eigenvalue weighted by Crippen LogP contribution is 2.33. The molecule has 21 heavy (non-hydrogen) atoms. The van der Waals surface area contributed by atoms with Crippen LogP contribution in [0.3, 0.4) is 0 Å². The number of alkyl halides is 2. The summed E-state index contributed by atoms with van der Waals surface area (Å²) in [6.07, 6.45) is 1.09. The van der Waals surface area contributed by atoms with E-state index in [9.17, 15) is 8.78 Å². The molecule has 0 unspecified atom stereocenters. The highest BCUT2D eigenvalue weighted by molar-refractivity contribution is 4.92. The SMILES string of the molecule is CC(C)(C)N1CC(OCCC(C)(C)N2CCC(F)(F)C2)C1. The van der Waals surface area contributed by atoms with Crippen LogP contribution in [-0.4, -0.2) is 65.7 Å². The summed E-state index contributed by atoms with van der Waals surface area (Å²) in [5, 5.41) is 0. The first-order valence-electron chi connectivity index (χ1n) is 7.99. The van der Waals surface area contributed by atoms with Crippen molar-refractivity contribution in [3.05, 3.63) is 0 Å². The van der Waals surface area contributed by atoms with Gasteiger partial charge in [-0.25, -0.2) is 8.78 Å². The average Bonchev–Trinajstić information content (AvgIpc) is 2.61. The van der Waals surface area contributed by atoms with Gasteiger partial charge in [-0.1, -0.05) is 0 Å². The molecule has 0 aliphatic carbocycles. The van der Waals surface area contributed by atoms with Crippen LogP contribution in [0.25, 0.3) is 0 Å². The smallest absolute Gasteiger partial charge is 0.261 e. The van der Waals surface area contributed by atoms with Gasteiger partial charge in [0.05, 0.1) is 12.6 Å². The van der Waals surface area contributed by atoms with Crippen molar-refractivity contribution >= 4 is 0 Å². The van der Waals surface area contributed by atoms with E-state index in [-0.39, 0.29) is 24.0 Å². The van der Waals surface area contributed by atoms with Crippen molar-refractivity contribution in [2.75, 3.05) is 32.8 Å². The number of hydrogen-bond acceptors (Lipinski definition) is 3. The van der Waals surface area contributed by atoms with E-state index in [2.05, 4.69) is 25.7 Å². The minimum absolute atomic E-state index is 0.0134.